The highest BCUT2D eigenvalue weighted by Gasteiger charge is 2.31. The number of ether oxygens (including phenoxy) is 1. The van der Waals surface area contributed by atoms with Crippen LogP contribution in [-0.4, -0.2) is 23.2 Å². The van der Waals surface area contributed by atoms with Gasteiger partial charge in [0.15, 0.2) is 0 Å². The minimum absolute atomic E-state index is 0.229. The molecule has 3 aromatic rings. The Labute approximate surface area is 179 Å². The highest BCUT2D eigenvalue weighted by Crippen LogP contribution is 2.26. The molecular formula is C20H17F3N4O3S. The first kappa shape index (κ1) is 22.1. The minimum atomic E-state index is -4.78. The third-order valence-electron chi connectivity index (χ3n) is 3.83. The van der Waals surface area contributed by atoms with Crippen LogP contribution in [0.25, 0.3) is 0 Å². The fourth-order valence-corrected chi connectivity index (χ4v) is 3.35. The predicted molar refractivity (Wildman–Crippen MR) is 111 cm³/mol. The Bertz CT molecular complexity index is 1070. The summed E-state index contributed by atoms with van der Waals surface area (Å²) in [6.07, 6.45) is -3.21. The standard InChI is InChI=1S/C20H17F3N4O3S/c1-12(28)26-17-10-13(6-8-24-17)11-25-16-7-9-31-18(16)19(29)27-14-2-4-15(5-3-14)30-20(21,22)23/h2-10,25H,11H2,1H3,(H,27,29)(H,24,26,28). The first-order valence-corrected chi connectivity index (χ1v) is 9.78. The summed E-state index contributed by atoms with van der Waals surface area (Å²) in [7, 11) is 0. The highest BCUT2D eigenvalue weighted by atomic mass is 32.1. The molecule has 3 N–H and O–H groups in total. The van der Waals surface area contributed by atoms with Gasteiger partial charge in [0.05, 0.1) is 5.69 Å². The largest absolute Gasteiger partial charge is 0.573 e. The Morgan fingerprint density at radius 1 is 1.10 bits per heavy atom. The SMILES string of the molecule is CC(=O)Nc1cc(CNc2ccsc2C(=O)Nc2ccc(OC(F)(F)F)cc2)ccn1. The number of aromatic nitrogens is 1. The number of hydrogen-bond acceptors (Lipinski definition) is 6. The first-order valence-electron chi connectivity index (χ1n) is 8.90. The maximum Gasteiger partial charge on any atom is 0.573 e. The van der Waals surface area contributed by atoms with Crippen molar-refractivity contribution in [3.63, 3.8) is 0 Å². The molecule has 3 rings (SSSR count). The summed E-state index contributed by atoms with van der Waals surface area (Å²) in [5.74, 6) is -0.587. The van der Waals surface area contributed by atoms with E-state index in [4.69, 9.17) is 0 Å². The average molecular weight is 450 g/mol. The number of nitrogens with zero attached hydrogens (tertiary/aromatic N) is 1. The summed E-state index contributed by atoms with van der Waals surface area (Å²) < 4.78 is 40.5. The Hall–Kier alpha value is -3.60. The van der Waals surface area contributed by atoms with Crippen LogP contribution >= 0.6 is 11.3 Å². The highest BCUT2D eigenvalue weighted by molar-refractivity contribution is 7.12. The molecule has 162 valence electrons. The Kier molecular flexibility index (Phi) is 6.75. The number of nitrogens with one attached hydrogen (secondary N) is 3. The molecule has 0 aliphatic heterocycles. The number of anilines is 3. The molecule has 0 unspecified atom stereocenters. The number of hydrogen-bond donors (Lipinski definition) is 3. The molecule has 0 atom stereocenters. The number of halogens is 3. The third kappa shape index (κ3) is 6.71. The molecule has 0 aliphatic carbocycles. The minimum Gasteiger partial charge on any atom is -0.406 e. The molecule has 0 aliphatic rings. The predicted octanol–water partition coefficient (Wildman–Crippen LogP) is 4.86. The number of rotatable bonds is 7. The van der Waals surface area contributed by atoms with E-state index in [0.717, 1.165) is 17.7 Å². The van der Waals surface area contributed by atoms with E-state index in [1.807, 2.05) is 0 Å². The number of carbonyl (C=O) groups excluding carboxylic acids is 2. The Morgan fingerprint density at radius 3 is 2.52 bits per heavy atom. The smallest absolute Gasteiger partial charge is 0.406 e. The molecule has 31 heavy (non-hydrogen) atoms. The fourth-order valence-electron chi connectivity index (χ4n) is 2.58. The molecule has 0 spiro atoms. The van der Waals surface area contributed by atoms with Gasteiger partial charge >= 0.3 is 6.36 Å². The summed E-state index contributed by atoms with van der Waals surface area (Å²) in [6.45, 7) is 1.77. The maximum atomic E-state index is 12.6. The maximum absolute atomic E-state index is 12.6. The number of benzene rings is 1. The lowest BCUT2D eigenvalue weighted by Gasteiger charge is -2.11. The molecule has 0 saturated carbocycles. The summed E-state index contributed by atoms with van der Waals surface area (Å²) in [4.78, 5) is 28.2. The van der Waals surface area contributed by atoms with Crippen molar-refractivity contribution in [2.45, 2.75) is 19.8 Å². The third-order valence-corrected chi connectivity index (χ3v) is 4.74. The van der Waals surface area contributed by atoms with Crippen molar-refractivity contribution >= 4 is 40.3 Å². The van der Waals surface area contributed by atoms with Gasteiger partial charge in [-0.15, -0.1) is 24.5 Å². The molecule has 2 amide bonds. The molecule has 0 radical (unpaired) electrons. The zero-order chi connectivity index (χ0) is 22.4. The van der Waals surface area contributed by atoms with Gasteiger partial charge in [-0.05, 0) is 53.4 Å². The number of carbonyl (C=O) groups is 2. The zero-order valence-corrected chi connectivity index (χ0v) is 16.9. The molecule has 0 saturated heterocycles. The van der Waals surface area contributed by atoms with Crippen LogP contribution in [0.3, 0.4) is 0 Å². The second-order valence-corrected chi connectivity index (χ2v) is 7.19. The van der Waals surface area contributed by atoms with Gasteiger partial charge in [-0.25, -0.2) is 4.98 Å². The van der Waals surface area contributed by atoms with E-state index in [-0.39, 0.29) is 11.7 Å². The van der Waals surface area contributed by atoms with Gasteiger partial charge in [0.25, 0.3) is 5.91 Å². The van der Waals surface area contributed by atoms with Crippen LogP contribution in [0.15, 0.2) is 54.0 Å². The monoisotopic (exact) mass is 450 g/mol. The normalized spacial score (nSPS) is 11.0. The Morgan fingerprint density at radius 2 is 1.84 bits per heavy atom. The van der Waals surface area contributed by atoms with Crippen molar-refractivity contribution in [2.24, 2.45) is 0 Å². The van der Waals surface area contributed by atoms with E-state index in [2.05, 4.69) is 25.7 Å². The number of pyridine rings is 1. The van der Waals surface area contributed by atoms with Gasteiger partial charge in [-0.1, -0.05) is 0 Å². The first-order chi connectivity index (χ1) is 14.7. The lowest BCUT2D eigenvalue weighted by molar-refractivity contribution is -0.274. The van der Waals surface area contributed by atoms with Gasteiger partial charge < -0.3 is 20.7 Å². The van der Waals surface area contributed by atoms with Gasteiger partial charge in [0.1, 0.15) is 16.4 Å². The molecular weight excluding hydrogens is 433 g/mol. The number of thiophene rings is 1. The van der Waals surface area contributed by atoms with Crippen LogP contribution in [-0.2, 0) is 11.3 Å². The lowest BCUT2D eigenvalue weighted by Crippen LogP contribution is -2.17. The lowest BCUT2D eigenvalue weighted by atomic mass is 10.2. The fraction of sp³-hybridized carbons (Fsp3) is 0.150. The summed E-state index contributed by atoms with van der Waals surface area (Å²) in [5.41, 5.74) is 1.77. The van der Waals surface area contributed by atoms with Crippen LogP contribution in [0.1, 0.15) is 22.2 Å². The van der Waals surface area contributed by atoms with E-state index < -0.39 is 12.3 Å². The molecule has 2 heterocycles. The quantitative estimate of drug-likeness (QED) is 0.478. The van der Waals surface area contributed by atoms with Crippen molar-refractivity contribution in [1.82, 2.24) is 4.98 Å². The zero-order valence-electron chi connectivity index (χ0n) is 16.1. The van der Waals surface area contributed by atoms with Crippen molar-refractivity contribution in [1.29, 1.82) is 0 Å². The average Bonchev–Trinajstić information content (AvgIpc) is 3.15. The van der Waals surface area contributed by atoms with Gasteiger partial charge in [0.2, 0.25) is 5.91 Å². The molecule has 11 heteroatoms. The van der Waals surface area contributed by atoms with Crippen molar-refractivity contribution in [3.8, 4) is 5.75 Å². The van der Waals surface area contributed by atoms with Crippen molar-refractivity contribution in [2.75, 3.05) is 16.0 Å². The van der Waals surface area contributed by atoms with Gasteiger partial charge in [-0.3, -0.25) is 9.59 Å². The summed E-state index contributed by atoms with van der Waals surface area (Å²) in [5, 5.41) is 10.1. The van der Waals surface area contributed by atoms with E-state index in [0.29, 0.717) is 28.6 Å². The van der Waals surface area contributed by atoms with Crippen molar-refractivity contribution < 1.29 is 27.5 Å². The summed E-state index contributed by atoms with van der Waals surface area (Å²) >= 11 is 1.22. The molecule has 1 aromatic carbocycles. The van der Waals surface area contributed by atoms with E-state index in [1.165, 1.54) is 30.4 Å². The van der Waals surface area contributed by atoms with Crippen LogP contribution < -0.4 is 20.7 Å². The van der Waals surface area contributed by atoms with Crippen LogP contribution in [0.2, 0.25) is 0 Å². The van der Waals surface area contributed by atoms with E-state index >= 15 is 0 Å². The van der Waals surface area contributed by atoms with Crippen LogP contribution in [0, 0.1) is 0 Å². The molecule has 2 aromatic heterocycles. The molecule has 0 fully saturated rings. The number of amides is 2. The van der Waals surface area contributed by atoms with Crippen molar-refractivity contribution in [3.05, 3.63) is 64.5 Å². The van der Waals surface area contributed by atoms with Gasteiger partial charge in [0, 0.05) is 25.4 Å². The van der Waals surface area contributed by atoms with E-state index in [9.17, 15) is 22.8 Å². The second-order valence-electron chi connectivity index (χ2n) is 6.27. The molecule has 7 nitrogen and oxygen atoms in total. The molecule has 0 bridgehead atoms. The van der Waals surface area contributed by atoms with Gasteiger partial charge in [-0.2, -0.15) is 0 Å². The van der Waals surface area contributed by atoms with E-state index in [1.54, 1.807) is 29.8 Å². The number of alkyl halides is 3. The topological polar surface area (TPSA) is 92.4 Å². The Balaban J connectivity index is 1.62. The second kappa shape index (κ2) is 9.47. The van der Waals surface area contributed by atoms with Crippen LogP contribution in [0.4, 0.5) is 30.4 Å². The summed E-state index contributed by atoms with van der Waals surface area (Å²) in [6, 6.07) is 10.1. The van der Waals surface area contributed by atoms with Crippen LogP contribution in [0.5, 0.6) is 5.75 Å².